The molecule has 0 unspecified atom stereocenters. The molecule has 0 saturated carbocycles. The van der Waals surface area contributed by atoms with E-state index < -0.39 is 5.41 Å². The molecule has 1 aromatic carbocycles. The summed E-state index contributed by atoms with van der Waals surface area (Å²) in [6.07, 6.45) is 0.621. The second-order valence-electron chi connectivity index (χ2n) is 5.68. The molecule has 108 valence electrons. The second-order valence-corrected chi connectivity index (χ2v) is 5.68. The van der Waals surface area contributed by atoms with E-state index in [0.717, 1.165) is 11.1 Å². The van der Waals surface area contributed by atoms with Gasteiger partial charge in [-0.1, -0.05) is 43.7 Å². The molecule has 0 aromatic heterocycles. The minimum Gasteiger partial charge on any atom is -0.395 e. The molecule has 0 heterocycles. The predicted octanol–water partition coefficient (Wildman–Crippen LogP) is 2.28. The van der Waals surface area contributed by atoms with E-state index in [1.165, 1.54) is 0 Å². The van der Waals surface area contributed by atoms with Crippen LogP contribution in [0.5, 0.6) is 0 Å². The van der Waals surface area contributed by atoms with Crippen LogP contribution in [0.4, 0.5) is 0 Å². The van der Waals surface area contributed by atoms with Crippen LogP contribution in [-0.4, -0.2) is 36.6 Å². The van der Waals surface area contributed by atoms with E-state index in [4.69, 9.17) is 4.74 Å². The van der Waals surface area contributed by atoms with Gasteiger partial charge >= 0.3 is 0 Å². The summed E-state index contributed by atoms with van der Waals surface area (Å²) in [5, 5.41) is 19.4. The zero-order valence-corrected chi connectivity index (χ0v) is 12.2. The van der Waals surface area contributed by atoms with Gasteiger partial charge in [0, 0.05) is 18.6 Å². The number of aryl methyl sites for hydroxylation is 1. The molecule has 0 radical (unpaired) electrons. The topological polar surface area (TPSA) is 49.7 Å². The first-order valence-electron chi connectivity index (χ1n) is 6.90. The highest BCUT2D eigenvalue weighted by Gasteiger charge is 2.30. The van der Waals surface area contributed by atoms with Crippen LogP contribution in [0.1, 0.15) is 31.4 Å². The van der Waals surface area contributed by atoms with Gasteiger partial charge in [-0.15, -0.1) is 0 Å². The summed E-state index contributed by atoms with van der Waals surface area (Å²) < 4.78 is 5.58. The highest BCUT2D eigenvalue weighted by atomic mass is 16.5. The number of benzene rings is 1. The molecule has 0 aliphatic rings. The Balaban J connectivity index is 2.73. The van der Waals surface area contributed by atoms with Crippen LogP contribution in [0, 0.1) is 12.8 Å². The molecule has 0 spiro atoms. The van der Waals surface area contributed by atoms with Crippen LogP contribution in [0.2, 0.25) is 0 Å². The lowest BCUT2D eigenvalue weighted by molar-refractivity contribution is 0.0535. The van der Waals surface area contributed by atoms with Crippen molar-refractivity contribution in [1.29, 1.82) is 0 Å². The van der Waals surface area contributed by atoms with Crippen LogP contribution in [-0.2, 0) is 10.2 Å². The third-order valence-electron chi connectivity index (χ3n) is 3.41. The van der Waals surface area contributed by atoms with Crippen molar-refractivity contribution < 1.29 is 14.9 Å². The van der Waals surface area contributed by atoms with Gasteiger partial charge in [-0.25, -0.2) is 0 Å². The van der Waals surface area contributed by atoms with Crippen LogP contribution in [0.15, 0.2) is 24.3 Å². The molecular formula is C16H26O3. The van der Waals surface area contributed by atoms with Crippen molar-refractivity contribution in [2.45, 2.75) is 32.6 Å². The Morgan fingerprint density at radius 1 is 1.21 bits per heavy atom. The van der Waals surface area contributed by atoms with Crippen LogP contribution >= 0.6 is 0 Å². The molecular weight excluding hydrogens is 240 g/mol. The van der Waals surface area contributed by atoms with Crippen molar-refractivity contribution in [3.63, 3.8) is 0 Å². The Kier molecular flexibility index (Phi) is 6.49. The molecule has 0 aliphatic heterocycles. The molecule has 3 heteroatoms. The van der Waals surface area contributed by atoms with E-state index in [2.05, 4.69) is 13.8 Å². The second kappa shape index (κ2) is 7.63. The average molecular weight is 266 g/mol. The number of aliphatic hydroxyl groups is 2. The van der Waals surface area contributed by atoms with E-state index >= 15 is 0 Å². The smallest absolute Gasteiger partial charge is 0.0550 e. The van der Waals surface area contributed by atoms with Crippen molar-refractivity contribution in [2.24, 2.45) is 5.92 Å². The SMILES string of the molecule is Cc1cccc(C(CO)(CO)CCOCC(C)C)c1. The molecule has 0 saturated heterocycles. The van der Waals surface area contributed by atoms with Crippen molar-refractivity contribution >= 4 is 0 Å². The molecule has 3 nitrogen and oxygen atoms in total. The lowest BCUT2D eigenvalue weighted by Crippen LogP contribution is -2.36. The molecule has 1 rings (SSSR count). The molecule has 0 amide bonds. The Labute approximate surface area is 116 Å². The van der Waals surface area contributed by atoms with E-state index in [1.54, 1.807) is 0 Å². The fourth-order valence-corrected chi connectivity index (χ4v) is 2.10. The maximum absolute atomic E-state index is 9.71. The van der Waals surface area contributed by atoms with Gasteiger partial charge in [-0.05, 0) is 24.8 Å². The van der Waals surface area contributed by atoms with E-state index in [0.29, 0.717) is 25.6 Å². The van der Waals surface area contributed by atoms with Crippen molar-refractivity contribution in [1.82, 2.24) is 0 Å². The van der Waals surface area contributed by atoms with Crippen molar-refractivity contribution in [3.05, 3.63) is 35.4 Å². The highest BCUT2D eigenvalue weighted by molar-refractivity contribution is 5.30. The Morgan fingerprint density at radius 3 is 2.42 bits per heavy atom. The summed E-state index contributed by atoms with van der Waals surface area (Å²) in [6, 6.07) is 7.95. The third kappa shape index (κ3) is 4.60. The van der Waals surface area contributed by atoms with Gasteiger partial charge in [0.2, 0.25) is 0 Å². The van der Waals surface area contributed by atoms with E-state index in [1.807, 2.05) is 31.2 Å². The van der Waals surface area contributed by atoms with E-state index in [-0.39, 0.29) is 13.2 Å². The van der Waals surface area contributed by atoms with E-state index in [9.17, 15) is 10.2 Å². The summed E-state index contributed by atoms with van der Waals surface area (Å²) in [5.41, 5.74) is 1.50. The van der Waals surface area contributed by atoms with Crippen molar-refractivity contribution in [3.8, 4) is 0 Å². The van der Waals surface area contributed by atoms with Gasteiger partial charge in [0.15, 0.2) is 0 Å². The lowest BCUT2D eigenvalue weighted by Gasteiger charge is -2.30. The molecule has 0 aliphatic carbocycles. The third-order valence-corrected chi connectivity index (χ3v) is 3.41. The molecule has 2 N–H and O–H groups in total. The number of hydrogen-bond donors (Lipinski definition) is 2. The quantitative estimate of drug-likeness (QED) is 0.710. The van der Waals surface area contributed by atoms with Gasteiger partial charge in [-0.3, -0.25) is 0 Å². The average Bonchev–Trinajstić information content (AvgIpc) is 2.39. The predicted molar refractivity (Wildman–Crippen MR) is 77.3 cm³/mol. The molecule has 0 bridgehead atoms. The zero-order chi connectivity index (χ0) is 14.3. The summed E-state index contributed by atoms with van der Waals surface area (Å²) in [7, 11) is 0. The number of ether oxygens (including phenoxy) is 1. The van der Waals surface area contributed by atoms with Crippen LogP contribution in [0.25, 0.3) is 0 Å². The Hall–Kier alpha value is -0.900. The standard InChI is InChI=1S/C16H26O3/c1-13(2)10-19-8-7-16(11-17,12-18)15-6-4-5-14(3)9-15/h4-6,9,13,17-18H,7-8,10-12H2,1-3H3. The number of hydrogen-bond acceptors (Lipinski definition) is 3. The Morgan fingerprint density at radius 2 is 1.89 bits per heavy atom. The highest BCUT2D eigenvalue weighted by Crippen LogP contribution is 2.28. The summed E-state index contributed by atoms with van der Waals surface area (Å²) >= 11 is 0. The minimum atomic E-state index is -0.608. The summed E-state index contributed by atoms with van der Waals surface area (Å²) in [4.78, 5) is 0. The molecule has 19 heavy (non-hydrogen) atoms. The monoisotopic (exact) mass is 266 g/mol. The fourth-order valence-electron chi connectivity index (χ4n) is 2.10. The molecule has 0 atom stereocenters. The Bertz CT molecular complexity index is 370. The first-order valence-corrected chi connectivity index (χ1v) is 6.90. The molecule has 1 aromatic rings. The number of rotatable bonds is 8. The zero-order valence-electron chi connectivity index (χ0n) is 12.2. The van der Waals surface area contributed by atoms with Gasteiger partial charge in [0.05, 0.1) is 13.2 Å². The lowest BCUT2D eigenvalue weighted by atomic mass is 9.79. The first-order chi connectivity index (χ1) is 9.04. The van der Waals surface area contributed by atoms with Crippen LogP contribution < -0.4 is 0 Å². The molecule has 0 fully saturated rings. The normalized spacial score (nSPS) is 12.1. The van der Waals surface area contributed by atoms with Gasteiger partial charge in [0.1, 0.15) is 0 Å². The maximum atomic E-state index is 9.71. The maximum Gasteiger partial charge on any atom is 0.0550 e. The summed E-state index contributed by atoms with van der Waals surface area (Å²) in [5.74, 6) is 0.497. The number of aliphatic hydroxyl groups excluding tert-OH is 2. The van der Waals surface area contributed by atoms with Gasteiger partial charge in [-0.2, -0.15) is 0 Å². The fraction of sp³-hybridized carbons (Fsp3) is 0.625. The minimum absolute atomic E-state index is 0.0714. The van der Waals surface area contributed by atoms with Crippen molar-refractivity contribution in [2.75, 3.05) is 26.4 Å². The van der Waals surface area contributed by atoms with Gasteiger partial charge < -0.3 is 14.9 Å². The summed E-state index contributed by atoms with van der Waals surface area (Å²) in [6.45, 7) is 7.33. The first kappa shape index (κ1) is 16.2. The largest absolute Gasteiger partial charge is 0.395 e. The van der Waals surface area contributed by atoms with Crippen LogP contribution in [0.3, 0.4) is 0 Å². The van der Waals surface area contributed by atoms with Gasteiger partial charge in [0.25, 0.3) is 0 Å².